The molecular formula is C14H15N3O2. The average molecular weight is 257 g/mol. The number of hydrogen-bond acceptors (Lipinski definition) is 4. The van der Waals surface area contributed by atoms with Crippen molar-refractivity contribution in [2.24, 2.45) is 12.2 Å². The van der Waals surface area contributed by atoms with Crippen LogP contribution in [0.3, 0.4) is 0 Å². The van der Waals surface area contributed by atoms with Gasteiger partial charge in [0.2, 0.25) is 0 Å². The lowest BCUT2D eigenvalue weighted by atomic mass is 10.1. The van der Waals surface area contributed by atoms with Gasteiger partial charge in [-0.25, -0.2) is 0 Å². The van der Waals surface area contributed by atoms with Gasteiger partial charge in [-0.05, 0) is 42.7 Å². The Labute approximate surface area is 111 Å². The number of benzene rings is 1. The normalized spacial score (nSPS) is 15.7. The molecule has 1 aliphatic rings. The van der Waals surface area contributed by atoms with E-state index in [0.717, 1.165) is 35.6 Å². The first-order valence-electron chi connectivity index (χ1n) is 6.22. The summed E-state index contributed by atoms with van der Waals surface area (Å²) < 4.78 is 7.48. The van der Waals surface area contributed by atoms with Gasteiger partial charge in [-0.15, -0.1) is 0 Å². The molecule has 19 heavy (non-hydrogen) atoms. The first kappa shape index (κ1) is 11.8. The molecular weight excluding hydrogens is 242 g/mol. The summed E-state index contributed by atoms with van der Waals surface area (Å²) >= 11 is 0. The number of rotatable bonds is 3. The number of aryl methyl sites for hydroxylation is 2. The third-order valence-corrected chi connectivity index (χ3v) is 3.30. The number of fused-ring (bicyclic) bond motifs is 1. The molecule has 1 aliphatic carbocycles. The van der Waals surface area contributed by atoms with Crippen LogP contribution < -0.4 is 4.74 Å². The zero-order chi connectivity index (χ0) is 13.2. The largest absolute Gasteiger partial charge is 0.487 e. The van der Waals surface area contributed by atoms with E-state index in [0.29, 0.717) is 6.61 Å². The minimum atomic E-state index is 0.459. The molecule has 0 aliphatic heterocycles. The van der Waals surface area contributed by atoms with Crippen molar-refractivity contribution in [3.8, 4) is 5.75 Å². The van der Waals surface area contributed by atoms with E-state index in [1.165, 1.54) is 5.56 Å². The molecule has 0 atom stereocenters. The van der Waals surface area contributed by atoms with Gasteiger partial charge in [-0.3, -0.25) is 4.68 Å². The Hall–Kier alpha value is -2.30. The molecule has 0 saturated carbocycles. The summed E-state index contributed by atoms with van der Waals surface area (Å²) in [5.41, 5.74) is 3.85. The predicted molar refractivity (Wildman–Crippen MR) is 70.6 cm³/mol. The molecule has 0 spiro atoms. The van der Waals surface area contributed by atoms with Crippen molar-refractivity contribution in [2.75, 3.05) is 0 Å². The first-order valence-corrected chi connectivity index (χ1v) is 6.22. The molecule has 2 aromatic rings. The van der Waals surface area contributed by atoms with Crippen LogP contribution in [0.1, 0.15) is 23.2 Å². The Balaban J connectivity index is 1.73. The van der Waals surface area contributed by atoms with E-state index in [1.807, 2.05) is 37.5 Å². The highest BCUT2D eigenvalue weighted by atomic mass is 16.5. The van der Waals surface area contributed by atoms with Gasteiger partial charge in [0.15, 0.2) is 0 Å². The highest BCUT2D eigenvalue weighted by molar-refractivity contribution is 6.04. The second kappa shape index (κ2) is 4.76. The van der Waals surface area contributed by atoms with E-state index in [-0.39, 0.29) is 0 Å². The van der Waals surface area contributed by atoms with Crippen molar-refractivity contribution in [3.63, 3.8) is 0 Å². The molecule has 1 heterocycles. The Morgan fingerprint density at radius 3 is 3.00 bits per heavy atom. The van der Waals surface area contributed by atoms with Gasteiger partial charge < -0.3 is 9.94 Å². The Morgan fingerprint density at radius 1 is 1.37 bits per heavy atom. The van der Waals surface area contributed by atoms with Crippen molar-refractivity contribution in [3.05, 3.63) is 47.3 Å². The third kappa shape index (κ3) is 2.31. The molecule has 0 radical (unpaired) electrons. The molecule has 1 N–H and O–H groups in total. The summed E-state index contributed by atoms with van der Waals surface area (Å²) in [4.78, 5) is 0. The Bertz CT molecular complexity index is 631. The molecule has 1 aromatic carbocycles. The first-order chi connectivity index (χ1) is 9.26. The second-order valence-corrected chi connectivity index (χ2v) is 4.64. The molecule has 1 aromatic heterocycles. The van der Waals surface area contributed by atoms with Gasteiger partial charge >= 0.3 is 0 Å². The standard InChI is InChI=1S/C14H15N3O2/c1-17-7-6-11(15-17)9-19-12-3-4-13-10(8-12)2-5-14(13)16-18/h3-4,6-8,18H,2,5,9H2,1H3/b16-14+. The van der Waals surface area contributed by atoms with E-state index < -0.39 is 0 Å². The number of aromatic nitrogens is 2. The Kier molecular flexibility index (Phi) is 2.95. The monoisotopic (exact) mass is 257 g/mol. The molecule has 0 bridgehead atoms. The fraction of sp³-hybridized carbons (Fsp3) is 0.286. The summed E-state index contributed by atoms with van der Waals surface area (Å²) in [5, 5.41) is 16.5. The molecule has 0 amide bonds. The fourth-order valence-corrected chi connectivity index (χ4v) is 2.34. The van der Waals surface area contributed by atoms with Crippen LogP contribution in [0, 0.1) is 0 Å². The fourth-order valence-electron chi connectivity index (χ4n) is 2.34. The van der Waals surface area contributed by atoms with Crippen LogP contribution in [0.4, 0.5) is 0 Å². The molecule has 98 valence electrons. The summed E-state index contributed by atoms with van der Waals surface area (Å²) in [6, 6.07) is 7.80. The van der Waals surface area contributed by atoms with Crippen molar-refractivity contribution >= 4 is 5.71 Å². The van der Waals surface area contributed by atoms with Crippen LogP contribution in [0.15, 0.2) is 35.6 Å². The van der Waals surface area contributed by atoms with E-state index >= 15 is 0 Å². The van der Waals surface area contributed by atoms with Gasteiger partial charge in [0.05, 0.1) is 11.4 Å². The number of ether oxygens (including phenoxy) is 1. The zero-order valence-electron chi connectivity index (χ0n) is 10.7. The predicted octanol–water partition coefficient (Wildman–Crippen LogP) is 2.12. The van der Waals surface area contributed by atoms with Gasteiger partial charge in [0, 0.05) is 18.8 Å². The summed E-state index contributed by atoms with van der Waals surface area (Å²) in [7, 11) is 1.88. The lowest BCUT2D eigenvalue weighted by molar-refractivity contribution is 0.300. The maximum absolute atomic E-state index is 8.88. The summed E-state index contributed by atoms with van der Waals surface area (Å²) in [6.07, 6.45) is 3.58. The second-order valence-electron chi connectivity index (χ2n) is 4.64. The van der Waals surface area contributed by atoms with Crippen LogP contribution >= 0.6 is 0 Å². The smallest absolute Gasteiger partial charge is 0.132 e. The molecule has 0 saturated heterocycles. The Morgan fingerprint density at radius 2 is 2.26 bits per heavy atom. The van der Waals surface area contributed by atoms with Crippen LogP contribution in [-0.2, 0) is 20.1 Å². The summed E-state index contributed by atoms with van der Waals surface area (Å²) in [6.45, 7) is 0.459. The van der Waals surface area contributed by atoms with Crippen molar-refractivity contribution in [1.29, 1.82) is 0 Å². The minimum absolute atomic E-state index is 0.459. The van der Waals surface area contributed by atoms with Gasteiger partial charge in [-0.2, -0.15) is 5.10 Å². The van der Waals surface area contributed by atoms with E-state index in [9.17, 15) is 0 Å². The molecule has 0 fully saturated rings. The average Bonchev–Trinajstić information content (AvgIpc) is 3.01. The lowest BCUT2D eigenvalue weighted by Gasteiger charge is -2.06. The SMILES string of the molecule is Cn1ccc(COc2ccc3c(c2)CC/C3=N\O)n1. The van der Waals surface area contributed by atoms with Crippen molar-refractivity contribution < 1.29 is 9.94 Å². The van der Waals surface area contributed by atoms with Crippen LogP contribution in [0.2, 0.25) is 0 Å². The topological polar surface area (TPSA) is 59.6 Å². The molecule has 0 unspecified atom stereocenters. The number of nitrogens with zero attached hydrogens (tertiary/aromatic N) is 3. The van der Waals surface area contributed by atoms with Gasteiger partial charge in [0.25, 0.3) is 0 Å². The van der Waals surface area contributed by atoms with Crippen LogP contribution in [0.5, 0.6) is 5.75 Å². The molecule has 5 heteroatoms. The quantitative estimate of drug-likeness (QED) is 0.677. The zero-order valence-corrected chi connectivity index (χ0v) is 10.7. The number of oxime groups is 1. The van der Waals surface area contributed by atoms with Crippen molar-refractivity contribution in [2.45, 2.75) is 19.4 Å². The highest BCUT2D eigenvalue weighted by Gasteiger charge is 2.18. The van der Waals surface area contributed by atoms with Crippen LogP contribution in [0.25, 0.3) is 0 Å². The summed E-state index contributed by atoms with van der Waals surface area (Å²) in [5.74, 6) is 0.823. The number of hydrogen-bond donors (Lipinski definition) is 1. The minimum Gasteiger partial charge on any atom is -0.487 e. The maximum Gasteiger partial charge on any atom is 0.132 e. The lowest BCUT2D eigenvalue weighted by Crippen LogP contribution is -1.99. The molecule has 5 nitrogen and oxygen atoms in total. The van der Waals surface area contributed by atoms with E-state index in [2.05, 4.69) is 10.3 Å². The highest BCUT2D eigenvalue weighted by Crippen LogP contribution is 2.27. The van der Waals surface area contributed by atoms with Crippen LogP contribution in [-0.4, -0.2) is 20.7 Å². The van der Waals surface area contributed by atoms with E-state index in [1.54, 1.807) is 4.68 Å². The van der Waals surface area contributed by atoms with E-state index in [4.69, 9.17) is 9.94 Å². The van der Waals surface area contributed by atoms with Gasteiger partial charge in [0.1, 0.15) is 12.4 Å². The van der Waals surface area contributed by atoms with Crippen molar-refractivity contribution in [1.82, 2.24) is 9.78 Å². The molecule has 3 rings (SSSR count). The maximum atomic E-state index is 8.88. The van der Waals surface area contributed by atoms with Gasteiger partial charge in [-0.1, -0.05) is 5.16 Å². The third-order valence-electron chi connectivity index (χ3n) is 3.30.